The van der Waals surface area contributed by atoms with E-state index in [2.05, 4.69) is 20.0 Å². The van der Waals surface area contributed by atoms with Gasteiger partial charge < -0.3 is 18.4 Å². The number of likely N-dealkylation sites (tertiary alicyclic amines) is 1. The Morgan fingerprint density at radius 3 is 3.11 bits per heavy atom. The van der Waals surface area contributed by atoms with E-state index in [1.54, 1.807) is 31.7 Å². The monoisotopic (exact) mass is 370 g/mol. The first kappa shape index (κ1) is 17.7. The Morgan fingerprint density at radius 1 is 1.30 bits per heavy atom. The molecule has 1 atom stereocenters. The van der Waals surface area contributed by atoms with Crippen molar-refractivity contribution in [1.82, 2.24) is 20.0 Å². The summed E-state index contributed by atoms with van der Waals surface area (Å²) in [6, 6.07) is 7.58. The van der Waals surface area contributed by atoms with Gasteiger partial charge in [0.2, 0.25) is 11.7 Å². The van der Waals surface area contributed by atoms with Crippen molar-refractivity contribution < 1.29 is 18.4 Å². The number of pyridine rings is 1. The van der Waals surface area contributed by atoms with Gasteiger partial charge >= 0.3 is 0 Å². The Balaban J connectivity index is 1.47. The predicted molar refractivity (Wildman–Crippen MR) is 96.0 cm³/mol. The van der Waals surface area contributed by atoms with Crippen LogP contribution in [0.5, 0.6) is 5.75 Å². The van der Waals surface area contributed by atoms with Gasteiger partial charge in [0.05, 0.1) is 25.5 Å². The molecule has 1 aliphatic heterocycles. The van der Waals surface area contributed by atoms with E-state index in [9.17, 15) is 0 Å². The van der Waals surface area contributed by atoms with E-state index in [1.807, 2.05) is 12.1 Å². The summed E-state index contributed by atoms with van der Waals surface area (Å²) in [5, 5.41) is 4.12. The fraction of sp³-hybridized carbons (Fsp3) is 0.421. The molecular weight excluding hydrogens is 348 g/mol. The molecular formula is C19H22N4O4. The number of aromatic nitrogens is 3. The highest BCUT2D eigenvalue weighted by atomic mass is 16.5. The number of rotatable bonds is 8. The number of ether oxygens (including phenoxy) is 2. The first-order valence-corrected chi connectivity index (χ1v) is 9.01. The second-order valence-corrected chi connectivity index (χ2v) is 6.38. The molecule has 1 saturated heterocycles. The fourth-order valence-corrected chi connectivity index (χ4v) is 3.24. The fourth-order valence-electron chi connectivity index (χ4n) is 3.24. The molecule has 1 unspecified atom stereocenters. The van der Waals surface area contributed by atoms with E-state index in [4.69, 9.17) is 18.4 Å². The molecule has 1 aliphatic rings. The Morgan fingerprint density at radius 2 is 2.26 bits per heavy atom. The first-order chi connectivity index (χ1) is 13.3. The molecule has 142 valence electrons. The van der Waals surface area contributed by atoms with Gasteiger partial charge in [-0.2, -0.15) is 4.98 Å². The second kappa shape index (κ2) is 8.32. The van der Waals surface area contributed by atoms with Crippen LogP contribution >= 0.6 is 0 Å². The van der Waals surface area contributed by atoms with Crippen LogP contribution in [0.3, 0.4) is 0 Å². The first-order valence-electron chi connectivity index (χ1n) is 9.01. The molecule has 3 aromatic heterocycles. The van der Waals surface area contributed by atoms with Gasteiger partial charge in [-0.25, -0.2) is 0 Å². The number of nitrogens with zero attached hydrogens (tertiary/aromatic N) is 4. The van der Waals surface area contributed by atoms with E-state index in [1.165, 1.54) is 0 Å². The lowest BCUT2D eigenvalue weighted by Gasteiger charge is -2.19. The molecule has 8 heteroatoms. The average molecular weight is 370 g/mol. The molecule has 1 fully saturated rings. The molecule has 27 heavy (non-hydrogen) atoms. The molecule has 0 saturated carbocycles. The lowest BCUT2D eigenvalue weighted by molar-refractivity contribution is 0.146. The van der Waals surface area contributed by atoms with Crippen LogP contribution in [-0.2, 0) is 11.3 Å². The third-order valence-electron chi connectivity index (χ3n) is 4.55. The molecule has 4 heterocycles. The van der Waals surface area contributed by atoms with Crippen LogP contribution in [0.15, 0.2) is 45.7 Å². The van der Waals surface area contributed by atoms with E-state index in [0.29, 0.717) is 36.4 Å². The molecule has 0 aliphatic carbocycles. The Bertz CT molecular complexity index is 849. The molecule has 0 N–H and O–H groups in total. The van der Waals surface area contributed by atoms with Gasteiger partial charge in [-0.05, 0) is 37.6 Å². The summed E-state index contributed by atoms with van der Waals surface area (Å²) in [7, 11) is 1.64. The number of hydrogen-bond donors (Lipinski definition) is 0. The Hall–Kier alpha value is -2.71. The third-order valence-corrected chi connectivity index (χ3v) is 4.55. The lowest BCUT2D eigenvalue weighted by Crippen LogP contribution is -2.22. The van der Waals surface area contributed by atoms with Crippen molar-refractivity contribution in [2.45, 2.75) is 25.4 Å². The zero-order chi connectivity index (χ0) is 18.5. The van der Waals surface area contributed by atoms with Crippen LogP contribution in [0.2, 0.25) is 0 Å². The largest absolute Gasteiger partial charge is 0.491 e. The van der Waals surface area contributed by atoms with Gasteiger partial charge in [0.25, 0.3) is 0 Å². The summed E-state index contributed by atoms with van der Waals surface area (Å²) in [4.78, 5) is 11.2. The van der Waals surface area contributed by atoms with Crippen LogP contribution in [0, 0.1) is 0 Å². The molecule has 0 aromatic carbocycles. The highest BCUT2D eigenvalue weighted by Crippen LogP contribution is 2.33. The van der Waals surface area contributed by atoms with Gasteiger partial charge in [0.15, 0.2) is 0 Å². The summed E-state index contributed by atoms with van der Waals surface area (Å²) in [5.74, 6) is 2.71. The maximum absolute atomic E-state index is 5.62. The minimum absolute atomic E-state index is 0.0949. The number of furan rings is 1. The average Bonchev–Trinajstić information content (AvgIpc) is 3.44. The molecule has 0 spiro atoms. The maximum atomic E-state index is 5.62. The van der Waals surface area contributed by atoms with Crippen LogP contribution < -0.4 is 4.74 Å². The molecule has 8 nitrogen and oxygen atoms in total. The minimum atomic E-state index is 0.0949. The standard InChI is InChI=1S/C19H22N4O4/c1-24-10-11-26-14-6-7-20-16(12-14)18-21-19(27-22-18)17-5-2-8-23(17)13-15-4-3-9-25-15/h3-4,6-7,9,12,17H,2,5,8,10-11,13H2,1H3. The van der Waals surface area contributed by atoms with E-state index < -0.39 is 0 Å². The predicted octanol–water partition coefficient (Wildman–Crippen LogP) is 3.09. The lowest BCUT2D eigenvalue weighted by atomic mass is 10.2. The van der Waals surface area contributed by atoms with Crippen LogP contribution in [0.25, 0.3) is 11.5 Å². The SMILES string of the molecule is COCCOc1ccnc(-c2noc(C3CCCN3Cc3ccco3)n2)c1. The van der Waals surface area contributed by atoms with Crippen molar-refractivity contribution in [2.75, 3.05) is 26.9 Å². The summed E-state index contributed by atoms with van der Waals surface area (Å²) < 4.78 is 21.6. The Labute approximate surface area is 157 Å². The van der Waals surface area contributed by atoms with Crippen LogP contribution in [0.4, 0.5) is 0 Å². The summed E-state index contributed by atoms with van der Waals surface area (Å²) in [5.41, 5.74) is 0.621. The van der Waals surface area contributed by atoms with Gasteiger partial charge in [0.1, 0.15) is 23.8 Å². The van der Waals surface area contributed by atoms with Gasteiger partial charge in [-0.1, -0.05) is 5.16 Å². The maximum Gasteiger partial charge on any atom is 0.244 e. The normalized spacial score (nSPS) is 17.4. The number of methoxy groups -OCH3 is 1. The third kappa shape index (κ3) is 4.17. The van der Waals surface area contributed by atoms with Crippen molar-refractivity contribution >= 4 is 0 Å². The van der Waals surface area contributed by atoms with Crippen molar-refractivity contribution in [3.63, 3.8) is 0 Å². The number of hydrogen-bond acceptors (Lipinski definition) is 8. The van der Waals surface area contributed by atoms with Crippen molar-refractivity contribution in [1.29, 1.82) is 0 Å². The summed E-state index contributed by atoms with van der Waals surface area (Å²) >= 11 is 0. The summed E-state index contributed by atoms with van der Waals surface area (Å²) in [6.45, 7) is 2.71. The zero-order valence-corrected chi connectivity index (χ0v) is 15.2. The van der Waals surface area contributed by atoms with E-state index in [0.717, 1.165) is 31.7 Å². The van der Waals surface area contributed by atoms with Gasteiger partial charge in [-0.3, -0.25) is 9.88 Å². The van der Waals surface area contributed by atoms with Crippen LogP contribution in [-0.4, -0.2) is 46.9 Å². The minimum Gasteiger partial charge on any atom is -0.491 e. The summed E-state index contributed by atoms with van der Waals surface area (Å²) in [6.07, 6.45) is 5.44. The van der Waals surface area contributed by atoms with Gasteiger partial charge in [-0.15, -0.1) is 0 Å². The smallest absolute Gasteiger partial charge is 0.244 e. The molecule has 3 aromatic rings. The molecule has 0 amide bonds. The molecule has 0 radical (unpaired) electrons. The molecule has 0 bridgehead atoms. The Kier molecular flexibility index (Phi) is 5.45. The second-order valence-electron chi connectivity index (χ2n) is 6.38. The topological polar surface area (TPSA) is 86.7 Å². The van der Waals surface area contributed by atoms with Crippen molar-refractivity contribution in [3.05, 3.63) is 48.4 Å². The zero-order valence-electron chi connectivity index (χ0n) is 15.2. The van der Waals surface area contributed by atoms with Gasteiger partial charge in [0, 0.05) is 19.4 Å². The van der Waals surface area contributed by atoms with E-state index >= 15 is 0 Å². The highest BCUT2D eigenvalue weighted by Gasteiger charge is 2.31. The van der Waals surface area contributed by atoms with Crippen molar-refractivity contribution in [3.8, 4) is 17.3 Å². The highest BCUT2D eigenvalue weighted by molar-refractivity contribution is 5.50. The van der Waals surface area contributed by atoms with Crippen LogP contribution in [0.1, 0.15) is 30.5 Å². The molecule has 4 rings (SSSR count). The quantitative estimate of drug-likeness (QED) is 0.559. The van der Waals surface area contributed by atoms with E-state index in [-0.39, 0.29) is 6.04 Å². The van der Waals surface area contributed by atoms with Crippen molar-refractivity contribution in [2.24, 2.45) is 0 Å².